The highest BCUT2D eigenvalue weighted by Gasteiger charge is 2.21. The maximum atomic E-state index is 10.8. The molecule has 4 nitrogen and oxygen atoms in total. The van der Waals surface area contributed by atoms with Crippen molar-refractivity contribution in [1.29, 1.82) is 0 Å². The first-order valence-electron chi connectivity index (χ1n) is 3.87. The lowest BCUT2D eigenvalue weighted by Crippen LogP contribution is -2.20. The minimum absolute atomic E-state index is 0.168. The van der Waals surface area contributed by atoms with E-state index in [2.05, 4.69) is 2.51 Å². The van der Waals surface area contributed by atoms with Gasteiger partial charge in [0.1, 0.15) is 23.0 Å². The van der Waals surface area contributed by atoms with Crippen molar-refractivity contribution in [3.05, 3.63) is 0 Å². The van der Waals surface area contributed by atoms with Crippen molar-refractivity contribution >= 4 is 33.4 Å². The Morgan fingerprint density at radius 3 is 2.25 bits per heavy atom. The highest BCUT2D eigenvalue weighted by atomic mass is 127. The summed E-state index contributed by atoms with van der Waals surface area (Å²) in [6.45, 7) is 0. The van der Waals surface area contributed by atoms with Gasteiger partial charge in [-0.2, -0.15) is 10.9 Å². The van der Waals surface area contributed by atoms with E-state index in [-0.39, 0.29) is 6.10 Å². The Kier molecular flexibility index (Phi) is 4.21. The summed E-state index contributed by atoms with van der Waals surface area (Å²) in [5.41, 5.74) is 0. The van der Waals surface area contributed by atoms with Gasteiger partial charge in [0.15, 0.2) is 0 Å². The molecule has 1 rings (SSSR count). The lowest BCUT2D eigenvalue weighted by atomic mass is 9.98. The highest BCUT2D eigenvalue weighted by Crippen LogP contribution is 2.22. The first-order valence-corrected chi connectivity index (χ1v) is 6.09. The van der Waals surface area contributed by atoms with Crippen LogP contribution in [0, 0.1) is 0 Å². The lowest BCUT2D eigenvalue weighted by Gasteiger charge is -2.19. The van der Waals surface area contributed by atoms with Crippen LogP contribution in [0.25, 0.3) is 0 Å². The lowest BCUT2D eigenvalue weighted by molar-refractivity contribution is 0.149. The van der Waals surface area contributed by atoms with Gasteiger partial charge in [-0.05, 0) is 12.8 Å². The van der Waals surface area contributed by atoms with Gasteiger partial charge in [-0.3, -0.25) is 0 Å². The third-order valence-corrected chi connectivity index (χ3v) is 3.87. The molecule has 0 spiro atoms. The molecular weight excluding hydrogens is 295 g/mol. The van der Waals surface area contributed by atoms with Crippen LogP contribution >= 0.6 is 23.0 Å². The zero-order chi connectivity index (χ0) is 9.03. The first kappa shape index (κ1) is 10.7. The van der Waals surface area contributed by atoms with Gasteiger partial charge < -0.3 is 0 Å². The van der Waals surface area contributed by atoms with E-state index in [0.29, 0.717) is 0 Å². The molecule has 1 fully saturated rings. The smallest absolute Gasteiger partial charge is 0.244 e. The normalized spacial score (nSPS) is 21.1. The molecule has 0 atom stereocenters. The molecule has 0 aromatic carbocycles. The molecule has 0 N–H and O–H groups in total. The maximum absolute atomic E-state index is 10.8. The number of halogens is 1. The van der Waals surface area contributed by atoms with E-state index in [1.165, 1.54) is 29.4 Å². The predicted molar refractivity (Wildman–Crippen MR) is 52.0 cm³/mol. The molecule has 72 valence electrons. The third-order valence-electron chi connectivity index (χ3n) is 1.88. The van der Waals surface area contributed by atoms with E-state index < -0.39 is 10.4 Å². The molecule has 0 aromatic heterocycles. The van der Waals surface area contributed by atoms with Crippen molar-refractivity contribution in [3.63, 3.8) is 0 Å². The molecule has 6 heteroatoms. The molecule has 0 saturated heterocycles. The summed E-state index contributed by atoms with van der Waals surface area (Å²) in [5.74, 6) is 0. The van der Waals surface area contributed by atoms with Gasteiger partial charge in [-0.15, -0.1) is 0 Å². The molecule has 0 heterocycles. The Morgan fingerprint density at radius 1 is 1.17 bits per heavy atom. The minimum atomic E-state index is -3.73. The summed E-state index contributed by atoms with van der Waals surface area (Å²) in [7, 11) is -3.73. The van der Waals surface area contributed by atoms with Crippen LogP contribution in [0.5, 0.6) is 0 Å². The molecule has 0 amide bonds. The van der Waals surface area contributed by atoms with E-state index >= 15 is 0 Å². The molecule has 0 unspecified atom stereocenters. The van der Waals surface area contributed by atoms with Crippen molar-refractivity contribution in [3.8, 4) is 0 Å². The Labute approximate surface area is 86.6 Å². The number of rotatable bonds is 3. The molecule has 0 bridgehead atoms. The summed E-state index contributed by atoms with van der Waals surface area (Å²) in [6, 6.07) is 0. The van der Waals surface area contributed by atoms with E-state index in [1.807, 2.05) is 0 Å². The average molecular weight is 306 g/mol. The Morgan fingerprint density at radius 2 is 1.75 bits per heavy atom. The van der Waals surface area contributed by atoms with Crippen LogP contribution in [-0.4, -0.2) is 14.5 Å². The van der Waals surface area contributed by atoms with Gasteiger partial charge in [0.05, 0.1) is 6.10 Å². The van der Waals surface area contributed by atoms with Crippen molar-refractivity contribution in [2.45, 2.75) is 38.2 Å². The molecule has 1 saturated carbocycles. The Balaban J connectivity index is 2.39. The molecule has 1 aliphatic rings. The zero-order valence-electron chi connectivity index (χ0n) is 6.53. The van der Waals surface area contributed by atoms with Crippen molar-refractivity contribution in [1.82, 2.24) is 0 Å². The largest absolute Gasteiger partial charge is 0.409 e. The van der Waals surface area contributed by atoms with Crippen molar-refractivity contribution < 1.29 is 15.1 Å². The quantitative estimate of drug-likeness (QED) is 0.748. The fraction of sp³-hybridized carbons (Fsp3) is 1.00. The second-order valence-electron chi connectivity index (χ2n) is 2.83. The maximum Gasteiger partial charge on any atom is 0.409 e. The van der Waals surface area contributed by atoms with Gasteiger partial charge in [-0.25, -0.2) is 4.18 Å². The van der Waals surface area contributed by atoms with Crippen LogP contribution < -0.4 is 0 Å². The minimum Gasteiger partial charge on any atom is -0.244 e. The fourth-order valence-corrected chi connectivity index (χ4v) is 2.15. The standard InChI is InChI=1S/C6H11IO4S/c7-11-12(8,9)10-6-4-2-1-3-5-6/h6H,1-5H2. The Hall–Kier alpha value is 0.600. The Bertz CT molecular complexity index is 220. The van der Waals surface area contributed by atoms with Gasteiger partial charge in [0.25, 0.3) is 0 Å². The predicted octanol–water partition coefficient (Wildman–Crippen LogP) is 1.95. The zero-order valence-corrected chi connectivity index (χ0v) is 9.51. The van der Waals surface area contributed by atoms with Gasteiger partial charge >= 0.3 is 10.4 Å². The second kappa shape index (κ2) is 4.73. The van der Waals surface area contributed by atoms with E-state index in [9.17, 15) is 8.42 Å². The second-order valence-corrected chi connectivity index (χ2v) is 5.04. The van der Waals surface area contributed by atoms with Crippen molar-refractivity contribution in [2.24, 2.45) is 0 Å². The summed E-state index contributed by atoms with van der Waals surface area (Å²) in [4.78, 5) is 0. The average Bonchev–Trinajstić information content (AvgIpc) is 2.06. The van der Waals surface area contributed by atoms with E-state index in [1.54, 1.807) is 0 Å². The monoisotopic (exact) mass is 306 g/mol. The highest BCUT2D eigenvalue weighted by molar-refractivity contribution is 14.1. The number of hydrogen-bond acceptors (Lipinski definition) is 4. The number of hydrogen-bond donors (Lipinski definition) is 0. The van der Waals surface area contributed by atoms with Crippen LogP contribution in [0.2, 0.25) is 0 Å². The van der Waals surface area contributed by atoms with Crippen LogP contribution in [0.4, 0.5) is 0 Å². The van der Waals surface area contributed by atoms with Gasteiger partial charge in [0, 0.05) is 0 Å². The molecule has 0 aliphatic heterocycles. The molecule has 0 aromatic rings. The van der Waals surface area contributed by atoms with Gasteiger partial charge in [-0.1, -0.05) is 19.3 Å². The van der Waals surface area contributed by atoms with E-state index in [0.717, 1.165) is 25.7 Å². The summed E-state index contributed by atoms with van der Waals surface area (Å²) < 4.78 is 30.6. The summed E-state index contributed by atoms with van der Waals surface area (Å²) in [6.07, 6.45) is 4.73. The molecule has 12 heavy (non-hydrogen) atoms. The topological polar surface area (TPSA) is 52.6 Å². The van der Waals surface area contributed by atoms with Crippen LogP contribution in [-0.2, 0) is 17.1 Å². The first-order chi connectivity index (χ1) is 5.64. The van der Waals surface area contributed by atoms with E-state index in [4.69, 9.17) is 4.18 Å². The molecule has 0 radical (unpaired) electrons. The SMILES string of the molecule is O=S(=O)(OI)OC1CCCCC1. The summed E-state index contributed by atoms with van der Waals surface area (Å²) >= 11 is 1.31. The summed E-state index contributed by atoms with van der Waals surface area (Å²) in [5, 5.41) is 0. The van der Waals surface area contributed by atoms with Crippen LogP contribution in [0.1, 0.15) is 32.1 Å². The van der Waals surface area contributed by atoms with Crippen molar-refractivity contribution in [2.75, 3.05) is 0 Å². The van der Waals surface area contributed by atoms with Crippen LogP contribution in [0.15, 0.2) is 0 Å². The van der Waals surface area contributed by atoms with Gasteiger partial charge in [0.2, 0.25) is 0 Å². The molecule has 1 aliphatic carbocycles. The fourth-order valence-electron chi connectivity index (χ4n) is 1.34. The molecular formula is C6H11IO4S. The van der Waals surface area contributed by atoms with Crippen LogP contribution in [0.3, 0.4) is 0 Å². The third kappa shape index (κ3) is 3.55.